The number of hydrogen-bond donors (Lipinski definition) is 1. The Morgan fingerprint density at radius 3 is 2.64 bits per heavy atom. The third kappa shape index (κ3) is 6.02. The summed E-state index contributed by atoms with van der Waals surface area (Å²) in [5.41, 5.74) is 0.340. The van der Waals surface area contributed by atoms with E-state index in [1.165, 1.54) is 4.57 Å². The molecule has 3 aromatic rings. The van der Waals surface area contributed by atoms with Crippen LogP contribution in [0, 0.1) is 34.5 Å². The molecule has 1 N–H and O–H groups in total. The topological polar surface area (TPSA) is 142 Å². The van der Waals surface area contributed by atoms with E-state index < -0.39 is 17.3 Å². The van der Waals surface area contributed by atoms with Gasteiger partial charge in [0.25, 0.3) is 5.56 Å². The zero-order valence-electron chi connectivity index (χ0n) is 22.5. The molecule has 2 aromatic heterocycles. The number of fused-ring (bicyclic) bond motifs is 1. The molecule has 11 heteroatoms. The van der Waals surface area contributed by atoms with Crippen LogP contribution in [0.15, 0.2) is 29.1 Å². The summed E-state index contributed by atoms with van der Waals surface area (Å²) in [5.74, 6) is 6.26. The number of carbonyl (C=O) groups is 1. The predicted octanol–water partition coefficient (Wildman–Crippen LogP) is 2.90. The van der Waals surface area contributed by atoms with Gasteiger partial charge in [0, 0.05) is 19.1 Å². The van der Waals surface area contributed by atoms with Gasteiger partial charge in [-0.2, -0.15) is 20.5 Å². The van der Waals surface area contributed by atoms with Gasteiger partial charge in [0.05, 0.1) is 24.7 Å². The van der Waals surface area contributed by atoms with Crippen LogP contribution in [0.4, 0.5) is 10.7 Å². The lowest BCUT2D eigenvalue weighted by Crippen LogP contribution is -2.49. The molecule has 1 aliphatic heterocycles. The lowest BCUT2D eigenvalue weighted by molar-refractivity contribution is 0.0499. The van der Waals surface area contributed by atoms with Crippen LogP contribution in [-0.4, -0.2) is 49.9 Å². The number of rotatable bonds is 5. The molecular weight excluding hydrogens is 496 g/mol. The van der Waals surface area contributed by atoms with Crippen LogP contribution in [-0.2, 0) is 17.8 Å². The minimum Gasteiger partial charge on any atom is -0.444 e. The van der Waals surface area contributed by atoms with Gasteiger partial charge in [0.15, 0.2) is 11.2 Å². The summed E-state index contributed by atoms with van der Waals surface area (Å²) in [4.78, 5) is 37.3. The molecule has 1 fully saturated rings. The average molecular weight is 527 g/mol. The average Bonchev–Trinajstić information content (AvgIpc) is 3.26. The lowest BCUT2D eigenvalue weighted by Gasteiger charge is -2.34. The molecule has 0 spiro atoms. The Morgan fingerprint density at radius 2 is 1.95 bits per heavy atom. The molecule has 0 saturated carbocycles. The fourth-order valence-corrected chi connectivity index (χ4v) is 4.57. The van der Waals surface area contributed by atoms with E-state index >= 15 is 0 Å². The number of ether oxygens (including phenoxy) is 1. The van der Waals surface area contributed by atoms with Crippen LogP contribution in [0.1, 0.15) is 57.5 Å². The molecular formula is C28H30N8O3. The standard InChI is InChI=1S/C28H30N8O3/c1-5-6-14-35-23-24(32-22(16-30)36(25(23)37)17-20-11-8-7-10-19(20)15-29)33-26(35)34-13-9-12-21(18-34)31-27(38)39-28(2,3)4/h7-8,10-11,21H,9,12-14,17-18H2,1-4H3,(H,31,38). The van der Waals surface area contributed by atoms with E-state index in [0.717, 1.165) is 12.8 Å². The number of benzene rings is 1. The second kappa shape index (κ2) is 11.3. The van der Waals surface area contributed by atoms with Crippen molar-refractivity contribution in [1.82, 2.24) is 24.4 Å². The zero-order valence-corrected chi connectivity index (χ0v) is 22.5. The molecule has 39 heavy (non-hydrogen) atoms. The molecule has 1 amide bonds. The van der Waals surface area contributed by atoms with E-state index in [9.17, 15) is 20.1 Å². The first kappa shape index (κ1) is 27.2. The molecule has 1 atom stereocenters. The fraction of sp³-hybridized carbons (Fsp3) is 0.429. The second-order valence-corrected chi connectivity index (χ2v) is 10.2. The number of amides is 1. The van der Waals surface area contributed by atoms with Gasteiger partial charge in [0.1, 0.15) is 11.7 Å². The zero-order chi connectivity index (χ0) is 28.2. The van der Waals surface area contributed by atoms with E-state index in [1.807, 2.05) is 31.7 Å². The third-order valence-corrected chi connectivity index (χ3v) is 6.25. The Balaban J connectivity index is 1.75. The van der Waals surface area contributed by atoms with E-state index in [2.05, 4.69) is 33.2 Å². The van der Waals surface area contributed by atoms with Gasteiger partial charge in [-0.25, -0.2) is 4.79 Å². The summed E-state index contributed by atoms with van der Waals surface area (Å²) in [6.45, 7) is 8.46. The maximum atomic E-state index is 13.8. The normalized spacial score (nSPS) is 15.1. The second-order valence-electron chi connectivity index (χ2n) is 10.2. The number of nitriles is 2. The molecule has 0 aliphatic carbocycles. The summed E-state index contributed by atoms with van der Waals surface area (Å²) >= 11 is 0. The molecule has 0 radical (unpaired) electrons. The molecule has 4 rings (SSSR count). The van der Waals surface area contributed by atoms with Crippen LogP contribution in [0.5, 0.6) is 0 Å². The van der Waals surface area contributed by atoms with Gasteiger partial charge in [0.2, 0.25) is 11.8 Å². The molecule has 3 heterocycles. The first-order valence-electron chi connectivity index (χ1n) is 12.7. The predicted molar refractivity (Wildman–Crippen MR) is 145 cm³/mol. The monoisotopic (exact) mass is 526 g/mol. The minimum atomic E-state index is -0.608. The maximum absolute atomic E-state index is 13.8. The van der Waals surface area contributed by atoms with Gasteiger partial charge in [-0.3, -0.25) is 13.9 Å². The molecule has 0 bridgehead atoms. The maximum Gasteiger partial charge on any atom is 0.407 e. The van der Waals surface area contributed by atoms with Crippen molar-refractivity contribution in [3.05, 3.63) is 51.6 Å². The van der Waals surface area contributed by atoms with Crippen molar-refractivity contribution in [3.63, 3.8) is 0 Å². The Labute approximate surface area is 226 Å². The van der Waals surface area contributed by atoms with E-state index in [1.54, 1.807) is 35.8 Å². The summed E-state index contributed by atoms with van der Waals surface area (Å²) in [7, 11) is 0. The number of alkyl carbamates (subject to hydrolysis) is 1. The molecule has 1 aliphatic rings. The Morgan fingerprint density at radius 1 is 1.18 bits per heavy atom. The smallest absolute Gasteiger partial charge is 0.407 e. The third-order valence-electron chi connectivity index (χ3n) is 6.25. The quantitative estimate of drug-likeness (QED) is 0.500. The minimum absolute atomic E-state index is 0.0139. The summed E-state index contributed by atoms with van der Waals surface area (Å²) in [6.07, 6.45) is 1.07. The summed E-state index contributed by atoms with van der Waals surface area (Å²) < 4.78 is 8.39. The highest BCUT2D eigenvalue weighted by molar-refractivity contribution is 5.75. The highest BCUT2D eigenvalue weighted by Crippen LogP contribution is 2.24. The SMILES string of the molecule is CC#CCn1c(N2CCCC(NC(=O)OC(C)(C)C)C2)nc2nc(C#N)n(Cc3ccccc3C#N)c(=O)c21. The van der Waals surface area contributed by atoms with Crippen molar-refractivity contribution in [2.24, 2.45) is 0 Å². The molecule has 11 nitrogen and oxygen atoms in total. The molecule has 1 aromatic carbocycles. The van der Waals surface area contributed by atoms with Gasteiger partial charge in [-0.15, -0.1) is 5.92 Å². The molecule has 200 valence electrons. The largest absolute Gasteiger partial charge is 0.444 e. The van der Waals surface area contributed by atoms with Crippen LogP contribution in [0.2, 0.25) is 0 Å². The van der Waals surface area contributed by atoms with Crippen LogP contribution < -0.4 is 15.8 Å². The van der Waals surface area contributed by atoms with Crippen LogP contribution in [0.25, 0.3) is 11.2 Å². The van der Waals surface area contributed by atoms with E-state index in [4.69, 9.17) is 4.74 Å². The van der Waals surface area contributed by atoms with Crippen molar-refractivity contribution in [1.29, 1.82) is 10.5 Å². The number of carbonyl (C=O) groups excluding carboxylic acids is 1. The Hall–Kier alpha value is -4.82. The van der Waals surface area contributed by atoms with Crippen molar-refractivity contribution in [2.75, 3.05) is 18.0 Å². The number of hydrogen-bond acceptors (Lipinski definition) is 8. The molecule has 1 unspecified atom stereocenters. The van der Waals surface area contributed by atoms with Gasteiger partial charge in [-0.1, -0.05) is 24.1 Å². The van der Waals surface area contributed by atoms with Gasteiger partial charge in [-0.05, 0) is 52.2 Å². The van der Waals surface area contributed by atoms with E-state index in [-0.39, 0.29) is 36.1 Å². The number of piperidine rings is 1. The lowest BCUT2D eigenvalue weighted by atomic mass is 10.1. The first-order valence-corrected chi connectivity index (χ1v) is 12.7. The van der Waals surface area contributed by atoms with Crippen molar-refractivity contribution < 1.29 is 9.53 Å². The number of anilines is 1. The number of nitrogens with one attached hydrogen (secondary N) is 1. The number of imidazole rings is 1. The Bertz CT molecular complexity index is 1600. The Kier molecular flexibility index (Phi) is 7.88. The highest BCUT2D eigenvalue weighted by Gasteiger charge is 2.29. The summed E-state index contributed by atoms with van der Waals surface area (Å²) in [6, 6.07) is 10.9. The van der Waals surface area contributed by atoms with Gasteiger partial charge >= 0.3 is 6.09 Å². The summed E-state index contributed by atoms with van der Waals surface area (Å²) in [5, 5.41) is 22.2. The van der Waals surface area contributed by atoms with Gasteiger partial charge < -0.3 is 15.0 Å². The molecule has 1 saturated heterocycles. The van der Waals surface area contributed by atoms with Crippen molar-refractivity contribution >= 4 is 23.2 Å². The van der Waals surface area contributed by atoms with Crippen molar-refractivity contribution in [3.8, 4) is 24.0 Å². The highest BCUT2D eigenvalue weighted by atomic mass is 16.6. The number of aromatic nitrogens is 4. The van der Waals surface area contributed by atoms with Crippen molar-refractivity contribution in [2.45, 2.75) is 65.3 Å². The van der Waals surface area contributed by atoms with Crippen LogP contribution in [0.3, 0.4) is 0 Å². The van der Waals surface area contributed by atoms with Crippen LogP contribution >= 0.6 is 0 Å². The van der Waals surface area contributed by atoms with E-state index in [0.29, 0.717) is 30.2 Å². The number of nitrogens with zero attached hydrogens (tertiary/aromatic N) is 7. The fourth-order valence-electron chi connectivity index (χ4n) is 4.57. The first-order chi connectivity index (χ1) is 18.6.